The highest BCUT2D eigenvalue weighted by Gasteiger charge is 2.32. The Morgan fingerprint density at radius 3 is 2.61 bits per heavy atom. The number of ether oxygens (including phenoxy) is 3. The summed E-state index contributed by atoms with van der Waals surface area (Å²) >= 11 is 6.06. The molecule has 31 heavy (non-hydrogen) atoms. The van der Waals surface area contributed by atoms with Crippen LogP contribution < -0.4 is 23.8 Å². The zero-order valence-electron chi connectivity index (χ0n) is 17.7. The maximum Gasteiger partial charge on any atom is 0.261 e. The molecule has 0 spiro atoms. The number of carbonyl (C=O) groups excluding carboxylic acids is 1. The molecule has 2 unspecified atom stereocenters. The van der Waals surface area contributed by atoms with Gasteiger partial charge < -0.3 is 19.5 Å². The maximum absolute atomic E-state index is 13.0. The van der Waals surface area contributed by atoms with Crippen molar-refractivity contribution in [1.29, 1.82) is 0 Å². The van der Waals surface area contributed by atoms with Gasteiger partial charge in [-0.3, -0.25) is 9.10 Å². The van der Waals surface area contributed by atoms with Gasteiger partial charge in [0.05, 0.1) is 32.2 Å². The van der Waals surface area contributed by atoms with Crippen LogP contribution in [-0.2, 0) is 14.8 Å². The monoisotopic (exact) mass is 468 g/mol. The van der Waals surface area contributed by atoms with Crippen molar-refractivity contribution in [2.45, 2.75) is 25.5 Å². The number of halogens is 1. The van der Waals surface area contributed by atoms with E-state index in [-0.39, 0.29) is 24.6 Å². The van der Waals surface area contributed by atoms with Gasteiger partial charge in [0, 0.05) is 23.6 Å². The number of sulfonamides is 1. The zero-order valence-corrected chi connectivity index (χ0v) is 19.3. The average Bonchev–Trinajstić information content (AvgIpc) is 2.92. The lowest BCUT2D eigenvalue weighted by Crippen LogP contribution is -2.40. The molecule has 10 heteroatoms. The molecule has 1 heterocycles. The van der Waals surface area contributed by atoms with Gasteiger partial charge in [-0.15, -0.1) is 0 Å². The molecule has 1 aliphatic rings. The highest BCUT2D eigenvalue weighted by molar-refractivity contribution is 7.92. The zero-order chi connectivity index (χ0) is 22.8. The van der Waals surface area contributed by atoms with E-state index in [1.54, 1.807) is 44.6 Å². The van der Waals surface area contributed by atoms with Crippen LogP contribution in [0.4, 0.5) is 5.69 Å². The van der Waals surface area contributed by atoms with Gasteiger partial charge in [0.25, 0.3) is 5.91 Å². The standard InChI is InChI=1S/C21H25ClN2O6S/c1-13(16-12-15(28-2)6-8-18(16)29-3)23-21(25)20-9-10-24(31(4,26)27)17-11-14(22)5-7-19(17)30-20/h5-8,11-13,20H,9-10H2,1-4H3,(H,23,25). The number of anilines is 1. The van der Waals surface area contributed by atoms with E-state index in [0.29, 0.717) is 22.2 Å². The van der Waals surface area contributed by atoms with Crippen molar-refractivity contribution in [3.05, 3.63) is 47.0 Å². The summed E-state index contributed by atoms with van der Waals surface area (Å²) in [6.45, 7) is 1.91. The number of nitrogens with zero attached hydrogens (tertiary/aromatic N) is 1. The van der Waals surface area contributed by atoms with Gasteiger partial charge in [0.1, 0.15) is 17.2 Å². The molecular formula is C21H25ClN2O6S. The van der Waals surface area contributed by atoms with Crippen LogP contribution in [0.5, 0.6) is 17.2 Å². The fraction of sp³-hybridized carbons (Fsp3) is 0.381. The lowest BCUT2D eigenvalue weighted by atomic mass is 10.1. The van der Waals surface area contributed by atoms with Crippen LogP contribution in [0.1, 0.15) is 24.9 Å². The molecule has 0 aromatic heterocycles. The van der Waals surface area contributed by atoms with Gasteiger partial charge in [-0.1, -0.05) is 11.6 Å². The minimum absolute atomic E-state index is 0.0844. The minimum atomic E-state index is -3.58. The van der Waals surface area contributed by atoms with Gasteiger partial charge in [-0.25, -0.2) is 8.42 Å². The number of hydrogen-bond acceptors (Lipinski definition) is 6. The Bertz CT molecular complexity index is 1080. The molecule has 1 N–H and O–H groups in total. The van der Waals surface area contributed by atoms with E-state index >= 15 is 0 Å². The summed E-state index contributed by atoms with van der Waals surface area (Å²) in [6.07, 6.45) is 0.397. The fourth-order valence-corrected chi connectivity index (χ4v) is 4.55. The molecule has 0 aliphatic carbocycles. The Kier molecular flexibility index (Phi) is 6.86. The number of benzene rings is 2. The smallest absolute Gasteiger partial charge is 0.261 e. The number of methoxy groups -OCH3 is 2. The topological polar surface area (TPSA) is 94.2 Å². The van der Waals surface area contributed by atoms with Crippen LogP contribution in [0.2, 0.25) is 5.02 Å². The largest absolute Gasteiger partial charge is 0.497 e. The molecule has 1 aliphatic heterocycles. The molecule has 2 aromatic carbocycles. The van der Waals surface area contributed by atoms with Crippen LogP contribution in [0.15, 0.2) is 36.4 Å². The van der Waals surface area contributed by atoms with Crippen LogP contribution in [-0.4, -0.2) is 47.4 Å². The van der Waals surface area contributed by atoms with Crippen molar-refractivity contribution in [3.8, 4) is 17.2 Å². The average molecular weight is 469 g/mol. The van der Waals surface area contributed by atoms with Gasteiger partial charge in [-0.05, 0) is 43.3 Å². The maximum atomic E-state index is 13.0. The quantitative estimate of drug-likeness (QED) is 0.699. The summed E-state index contributed by atoms with van der Waals surface area (Å²) in [4.78, 5) is 13.0. The van der Waals surface area contributed by atoms with E-state index < -0.39 is 22.2 Å². The van der Waals surface area contributed by atoms with Gasteiger partial charge in [0.15, 0.2) is 6.10 Å². The van der Waals surface area contributed by atoms with Crippen molar-refractivity contribution in [3.63, 3.8) is 0 Å². The van der Waals surface area contributed by atoms with E-state index in [4.69, 9.17) is 25.8 Å². The summed E-state index contributed by atoms with van der Waals surface area (Å²) in [5.74, 6) is 1.16. The second kappa shape index (κ2) is 9.23. The summed E-state index contributed by atoms with van der Waals surface area (Å²) in [5.41, 5.74) is 1.06. The van der Waals surface area contributed by atoms with Crippen molar-refractivity contribution >= 4 is 33.2 Å². The summed E-state index contributed by atoms with van der Waals surface area (Å²) in [6, 6.07) is 9.60. The van der Waals surface area contributed by atoms with Crippen molar-refractivity contribution in [2.75, 3.05) is 31.3 Å². The predicted molar refractivity (Wildman–Crippen MR) is 119 cm³/mol. The Balaban J connectivity index is 1.84. The van der Waals surface area contributed by atoms with E-state index in [1.165, 1.54) is 10.4 Å². The molecule has 2 aromatic rings. The third kappa shape index (κ3) is 5.16. The normalized spacial score (nSPS) is 17.1. The first-order valence-electron chi connectivity index (χ1n) is 9.60. The molecule has 2 atom stereocenters. The molecule has 0 saturated heterocycles. The van der Waals surface area contributed by atoms with Crippen LogP contribution in [0.3, 0.4) is 0 Å². The van der Waals surface area contributed by atoms with Gasteiger partial charge >= 0.3 is 0 Å². The highest BCUT2D eigenvalue weighted by Crippen LogP contribution is 2.36. The SMILES string of the molecule is COc1ccc(OC)c(C(C)NC(=O)C2CCN(S(C)(=O)=O)c3cc(Cl)ccc3O2)c1. The Labute approximate surface area is 187 Å². The van der Waals surface area contributed by atoms with Crippen LogP contribution in [0, 0.1) is 0 Å². The molecule has 0 radical (unpaired) electrons. The molecule has 0 saturated carbocycles. The lowest BCUT2D eigenvalue weighted by Gasteiger charge is -2.22. The number of carbonyl (C=O) groups is 1. The second-order valence-corrected chi connectivity index (χ2v) is 9.52. The third-order valence-corrected chi connectivity index (χ3v) is 6.42. The summed E-state index contributed by atoms with van der Waals surface area (Å²) in [5, 5.41) is 3.29. The molecule has 0 fully saturated rings. The second-order valence-electron chi connectivity index (χ2n) is 7.18. The molecule has 0 bridgehead atoms. The number of hydrogen-bond donors (Lipinski definition) is 1. The number of nitrogens with one attached hydrogen (secondary N) is 1. The Morgan fingerprint density at radius 2 is 1.97 bits per heavy atom. The minimum Gasteiger partial charge on any atom is -0.497 e. The van der Waals surface area contributed by atoms with Gasteiger partial charge in [0.2, 0.25) is 10.0 Å². The molecule has 8 nitrogen and oxygen atoms in total. The number of rotatable bonds is 6. The first kappa shape index (κ1) is 23.0. The van der Waals surface area contributed by atoms with Crippen molar-refractivity contribution in [2.24, 2.45) is 0 Å². The van der Waals surface area contributed by atoms with Crippen molar-refractivity contribution in [1.82, 2.24) is 5.32 Å². The first-order chi connectivity index (χ1) is 14.6. The predicted octanol–water partition coefficient (Wildman–Crippen LogP) is 3.15. The molecule has 3 rings (SSSR count). The molecule has 168 valence electrons. The molecule has 1 amide bonds. The van der Waals surface area contributed by atoms with E-state index in [0.717, 1.165) is 11.8 Å². The highest BCUT2D eigenvalue weighted by atomic mass is 35.5. The van der Waals surface area contributed by atoms with E-state index in [9.17, 15) is 13.2 Å². The fourth-order valence-electron chi connectivity index (χ4n) is 3.44. The third-order valence-electron chi connectivity index (χ3n) is 5.01. The Hall–Kier alpha value is -2.65. The Morgan fingerprint density at radius 1 is 1.23 bits per heavy atom. The number of amides is 1. The first-order valence-corrected chi connectivity index (χ1v) is 11.8. The summed E-state index contributed by atoms with van der Waals surface area (Å²) in [7, 11) is -0.466. The van der Waals surface area contributed by atoms with Gasteiger partial charge in [-0.2, -0.15) is 0 Å². The van der Waals surface area contributed by atoms with Crippen LogP contribution >= 0.6 is 11.6 Å². The lowest BCUT2D eigenvalue weighted by molar-refractivity contribution is -0.128. The number of fused-ring (bicyclic) bond motifs is 1. The van der Waals surface area contributed by atoms with E-state index in [2.05, 4.69) is 5.32 Å². The molecular weight excluding hydrogens is 444 g/mol. The van der Waals surface area contributed by atoms with Crippen LogP contribution in [0.25, 0.3) is 0 Å². The summed E-state index contributed by atoms with van der Waals surface area (Å²) < 4.78 is 42.3. The van der Waals surface area contributed by atoms with E-state index in [1.807, 2.05) is 6.92 Å². The van der Waals surface area contributed by atoms with Crippen molar-refractivity contribution < 1.29 is 27.4 Å².